The molecule has 2 amide bonds. The number of halogens is 2. The van der Waals surface area contributed by atoms with Gasteiger partial charge < -0.3 is 25.6 Å². The Morgan fingerprint density at radius 1 is 0.943 bits per heavy atom. The van der Waals surface area contributed by atoms with Gasteiger partial charge in [0.05, 0.1) is 15.6 Å². The van der Waals surface area contributed by atoms with E-state index in [1.54, 1.807) is 0 Å². The zero-order chi connectivity index (χ0) is 25.8. The van der Waals surface area contributed by atoms with Crippen LogP contribution in [-0.2, 0) is 9.59 Å². The Morgan fingerprint density at radius 3 is 2.20 bits per heavy atom. The Kier molecular flexibility index (Phi) is 11.7. The number of benzene rings is 2. The molecule has 190 valence electrons. The van der Waals surface area contributed by atoms with Gasteiger partial charge in [-0.2, -0.15) is 0 Å². The number of aromatic hydroxyl groups is 1. The predicted molar refractivity (Wildman–Crippen MR) is 136 cm³/mol. The third-order valence-electron chi connectivity index (χ3n) is 5.09. The Labute approximate surface area is 214 Å². The summed E-state index contributed by atoms with van der Waals surface area (Å²) in [6.45, 7) is 2.68. The molecule has 8 nitrogen and oxygen atoms in total. The van der Waals surface area contributed by atoms with Crippen molar-refractivity contribution in [3.63, 3.8) is 0 Å². The number of carboxylic acids is 1. The van der Waals surface area contributed by atoms with Crippen molar-refractivity contribution in [1.29, 1.82) is 0 Å². The van der Waals surface area contributed by atoms with Crippen LogP contribution in [0.25, 0.3) is 0 Å². The number of ether oxygens (including phenoxy) is 1. The number of unbranched alkanes of at least 4 members (excludes halogenated alkanes) is 6. The number of rotatable bonds is 14. The van der Waals surface area contributed by atoms with Crippen LogP contribution in [0, 0.1) is 0 Å². The fraction of sp³-hybridized carbons (Fsp3) is 0.400. The highest BCUT2D eigenvalue weighted by atomic mass is 35.5. The minimum Gasteiger partial charge on any atom is -0.507 e. The van der Waals surface area contributed by atoms with Crippen molar-refractivity contribution in [3.05, 3.63) is 45.9 Å². The first-order chi connectivity index (χ1) is 16.7. The number of carbonyl (C=O) groups is 3. The molecule has 0 aliphatic rings. The Hall–Kier alpha value is -2.97. The van der Waals surface area contributed by atoms with E-state index in [-0.39, 0.29) is 38.5 Å². The van der Waals surface area contributed by atoms with Crippen LogP contribution in [0.4, 0.5) is 5.69 Å². The van der Waals surface area contributed by atoms with Gasteiger partial charge in [0.1, 0.15) is 17.9 Å². The fourth-order valence-electron chi connectivity index (χ4n) is 3.33. The highest BCUT2D eigenvalue weighted by Gasteiger charge is 2.16. The lowest BCUT2D eigenvalue weighted by atomic mass is 10.1. The van der Waals surface area contributed by atoms with E-state index in [1.165, 1.54) is 56.0 Å². The van der Waals surface area contributed by atoms with E-state index >= 15 is 0 Å². The molecule has 35 heavy (non-hydrogen) atoms. The summed E-state index contributed by atoms with van der Waals surface area (Å²) < 4.78 is 5.74. The lowest BCUT2D eigenvalue weighted by Gasteiger charge is -2.13. The molecule has 0 heterocycles. The predicted octanol–water partition coefficient (Wildman–Crippen LogP) is 6.38. The monoisotopic (exact) mass is 524 g/mol. The largest absolute Gasteiger partial charge is 0.507 e. The van der Waals surface area contributed by atoms with E-state index in [1.807, 2.05) is 0 Å². The van der Waals surface area contributed by atoms with Gasteiger partial charge in [-0.25, -0.2) is 0 Å². The van der Waals surface area contributed by atoms with Gasteiger partial charge in [0.25, 0.3) is 5.91 Å². The molecule has 0 fully saturated rings. The molecule has 0 spiro atoms. The van der Waals surface area contributed by atoms with Gasteiger partial charge in [-0.1, -0.05) is 68.7 Å². The average Bonchev–Trinajstić information content (AvgIpc) is 2.78. The summed E-state index contributed by atoms with van der Waals surface area (Å²) in [6.07, 6.45) is 7.21. The third-order valence-corrected chi connectivity index (χ3v) is 5.65. The van der Waals surface area contributed by atoms with Crippen LogP contribution in [0.15, 0.2) is 30.3 Å². The molecular weight excluding hydrogens is 495 g/mol. The summed E-state index contributed by atoms with van der Waals surface area (Å²) in [5, 5.41) is 24.1. The van der Waals surface area contributed by atoms with Crippen LogP contribution in [0.5, 0.6) is 17.2 Å². The maximum Gasteiger partial charge on any atom is 0.312 e. The molecule has 0 unspecified atom stereocenters. The molecule has 2 rings (SSSR count). The number of phenolic OH excluding ortho intramolecular Hbond substituents is 1. The molecule has 2 aromatic rings. The summed E-state index contributed by atoms with van der Waals surface area (Å²) in [7, 11) is 0. The number of aliphatic carboxylic acids is 1. The molecule has 10 heteroatoms. The van der Waals surface area contributed by atoms with Crippen molar-refractivity contribution in [1.82, 2.24) is 5.32 Å². The van der Waals surface area contributed by atoms with Crippen molar-refractivity contribution in [3.8, 4) is 17.2 Å². The van der Waals surface area contributed by atoms with E-state index in [9.17, 15) is 19.5 Å². The summed E-state index contributed by atoms with van der Waals surface area (Å²) in [5.41, 5.74) is 0.255. The minimum absolute atomic E-state index is 0.0512. The first-order valence-electron chi connectivity index (χ1n) is 11.5. The lowest BCUT2D eigenvalue weighted by molar-refractivity contribution is -0.139. The van der Waals surface area contributed by atoms with E-state index in [0.717, 1.165) is 19.3 Å². The van der Waals surface area contributed by atoms with Crippen molar-refractivity contribution in [2.75, 3.05) is 11.9 Å². The van der Waals surface area contributed by atoms with Crippen molar-refractivity contribution in [2.24, 2.45) is 0 Å². The number of phenols is 1. The molecule has 0 aliphatic heterocycles. The average molecular weight is 525 g/mol. The second-order valence-corrected chi connectivity index (χ2v) is 8.86. The third kappa shape index (κ3) is 9.66. The van der Waals surface area contributed by atoms with Crippen LogP contribution in [0.2, 0.25) is 10.0 Å². The molecule has 4 N–H and O–H groups in total. The van der Waals surface area contributed by atoms with Crippen LogP contribution in [0.3, 0.4) is 0 Å². The molecule has 0 atom stereocenters. The zero-order valence-corrected chi connectivity index (χ0v) is 21.0. The normalized spacial score (nSPS) is 10.6. The molecule has 0 radical (unpaired) electrons. The Bertz CT molecular complexity index is 1020. The van der Waals surface area contributed by atoms with Gasteiger partial charge in [0.15, 0.2) is 5.75 Å². The smallest absolute Gasteiger partial charge is 0.312 e. The number of carboxylic acid groups (broad SMARTS) is 1. The maximum atomic E-state index is 12.5. The van der Waals surface area contributed by atoms with Crippen LogP contribution in [0.1, 0.15) is 68.6 Å². The zero-order valence-electron chi connectivity index (χ0n) is 19.5. The van der Waals surface area contributed by atoms with Gasteiger partial charge in [-0.05, 0) is 36.8 Å². The molecule has 2 aromatic carbocycles. The van der Waals surface area contributed by atoms with Gasteiger partial charge in [0.2, 0.25) is 5.91 Å². The number of amides is 2. The number of carbonyl (C=O) groups excluding carboxylic acids is 2. The highest BCUT2D eigenvalue weighted by molar-refractivity contribution is 6.37. The lowest BCUT2D eigenvalue weighted by Crippen LogP contribution is -2.24. The summed E-state index contributed by atoms with van der Waals surface area (Å²) in [4.78, 5) is 34.8. The summed E-state index contributed by atoms with van der Waals surface area (Å²) in [6, 6.07) is 6.89. The van der Waals surface area contributed by atoms with Gasteiger partial charge in [0, 0.05) is 12.2 Å². The maximum absolute atomic E-state index is 12.5. The van der Waals surface area contributed by atoms with E-state index in [4.69, 9.17) is 33.0 Å². The first-order valence-corrected chi connectivity index (χ1v) is 12.3. The van der Waals surface area contributed by atoms with Crippen LogP contribution >= 0.6 is 23.2 Å². The summed E-state index contributed by atoms with van der Waals surface area (Å²) in [5.74, 6) is -2.33. The quantitative estimate of drug-likeness (QED) is 0.167. The topological polar surface area (TPSA) is 125 Å². The molecule has 0 bridgehead atoms. The van der Waals surface area contributed by atoms with Crippen LogP contribution < -0.4 is 15.4 Å². The molecule has 0 aliphatic carbocycles. The molecule has 0 saturated heterocycles. The fourth-order valence-corrected chi connectivity index (χ4v) is 3.89. The first kappa shape index (κ1) is 28.3. The van der Waals surface area contributed by atoms with Gasteiger partial charge in [-0.15, -0.1) is 0 Å². The number of anilines is 1. The Morgan fingerprint density at radius 2 is 1.57 bits per heavy atom. The standard InChI is InChI=1S/C25H30Cl2N2O6/c1-2-3-4-5-6-7-8-11-28-25(34)18-14-17(9-10-21(18)30)35-24-19(26)12-16(13-20(24)27)29-22(31)15-23(32)33/h9-10,12-14,30H,2-8,11,15H2,1H3,(H,28,34)(H,29,31)(H,32,33). The van der Waals surface area contributed by atoms with Gasteiger partial charge >= 0.3 is 5.97 Å². The molecule has 0 saturated carbocycles. The molecular formula is C25H30Cl2N2O6. The van der Waals surface area contributed by atoms with E-state index in [2.05, 4.69) is 17.6 Å². The number of nitrogens with one attached hydrogen (secondary N) is 2. The minimum atomic E-state index is -1.27. The number of hydrogen-bond donors (Lipinski definition) is 4. The van der Waals surface area contributed by atoms with Crippen molar-refractivity contribution in [2.45, 2.75) is 58.3 Å². The second-order valence-electron chi connectivity index (χ2n) is 8.05. The second kappa shape index (κ2) is 14.4. The molecule has 0 aromatic heterocycles. The SMILES string of the molecule is CCCCCCCCCNC(=O)c1cc(Oc2c(Cl)cc(NC(=O)CC(=O)O)cc2Cl)ccc1O. The van der Waals surface area contributed by atoms with E-state index < -0.39 is 24.2 Å². The van der Waals surface area contributed by atoms with Crippen molar-refractivity contribution >= 4 is 46.7 Å². The van der Waals surface area contributed by atoms with Crippen molar-refractivity contribution < 1.29 is 29.3 Å². The van der Waals surface area contributed by atoms with E-state index in [0.29, 0.717) is 6.54 Å². The Balaban J connectivity index is 1.99. The number of hydrogen-bond acceptors (Lipinski definition) is 5. The van der Waals surface area contributed by atoms with Crippen LogP contribution in [-0.4, -0.2) is 34.5 Å². The summed E-state index contributed by atoms with van der Waals surface area (Å²) >= 11 is 12.5. The van der Waals surface area contributed by atoms with Gasteiger partial charge in [-0.3, -0.25) is 14.4 Å². The highest BCUT2D eigenvalue weighted by Crippen LogP contribution is 2.39.